The minimum Gasteiger partial charge on any atom is -0.480 e. The second-order valence-corrected chi connectivity index (χ2v) is 10.9. The van der Waals surface area contributed by atoms with Gasteiger partial charge in [-0.15, -0.1) is 0 Å². The van der Waals surface area contributed by atoms with Gasteiger partial charge in [-0.25, -0.2) is 4.79 Å². The van der Waals surface area contributed by atoms with Crippen molar-refractivity contribution in [1.82, 2.24) is 20.0 Å². The number of piperidine rings is 2. The number of imide groups is 2. The zero-order valence-corrected chi connectivity index (χ0v) is 23.1. The van der Waals surface area contributed by atoms with Gasteiger partial charge in [-0.1, -0.05) is 6.07 Å². The minimum atomic E-state index is -5.08. The van der Waals surface area contributed by atoms with Gasteiger partial charge in [0.2, 0.25) is 11.8 Å². The van der Waals surface area contributed by atoms with Gasteiger partial charge in [0.15, 0.2) is 0 Å². The summed E-state index contributed by atoms with van der Waals surface area (Å²) in [5.74, 6) is -4.95. The highest BCUT2D eigenvalue weighted by atomic mass is 19.4. The highest BCUT2D eigenvalue weighted by Crippen LogP contribution is 2.34. The van der Waals surface area contributed by atoms with Crippen molar-refractivity contribution in [2.75, 3.05) is 57.3 Å². The van der Waals surface area contributed by atoms with Gasteiger partial charge in [-0.3, -0.25) is 44.0 Å². The van der Waals surface area contributed by atoms with Crippen LogP contribution in [0.3, 0.4) is 0 Å². The zero-order valence-electron chi connectivity index (χ0n) is 23.1. The van der Waals surface area contributed by atoms with Crippen LogP contribution in [0.5, 0.6) is 0 Å². The topological polar surface area (TPSA) is 168 Å². The zero-order chi connectivity index (χ0) is 31.5. The summed E-state index contributed by atoms with van der Waals surface area (Å²) in [6, 6.07) is 4.27. The molecular formula is C27H32F3N5O8. The summed E-state index contributed by atoms with van der Waals surface area (Å²) in [6.07, 6.45) is -2.87. The molecule has 4 aliphatic rings. The van der Waals surface area contributed by atoms with E-state index in [4.69, 9.17) is 15.0 Å². The fraction of sp³-hybridized carbons (Fsp3) is 0.556. The van der Waals surface area contributed by atoms with Crippen LogP contribution >= 0.6 is 0 Å². The summed E-state index contributed by atoms with van der Waals surface area (Å²) >= 11 is 0. The second-order valence-electron chi connectivity index (χ2n) is 10.9. The first-order valence-electron chi connectivity index (χ1n) is 13.8. The number of carbonyl (C=O) groups excluding carboxylic acids is 4. The molecule has 5 rings (SSSR count). The van der Waals surface area contributed by atoms with E-state index < -0.39 is 47.8 Å². The number of aliphatic carboxylic acids is 2. The number of rotatable bonds is 6. The van der Waals surface area contributed by atoms with E-state index in [1.807, 2.05) is 11.0 Å². The molecule has 4 amide bonds. The Bertz CT molecular complexity index is 1290. The molecule has 0 spiro atoms. The second kappa shape index (κ2) is 13.1. The van der Waals surface area contributed by atoms with Crippen molar-refractivity contribution >= 4 is 41.3 Å². The number of anilines is 1. The third-order valence-corrected chi connectivity index (χ3v) is 7.98. The van der Waals surface area contributed by atoms with Crippen molar-refractivity contribution in [3.05, 3.63) is 29.3 Å². The number of nitrogens with one attached hydrogen (secondary N) is 1. The Balaban J connectivity index is 0.000000541. The van der Waals surface area contributed by atoms with Crippen LogP contribution in [0.4, 0.5) is 18.9 Å². The minimum absolute atomic E-state index is 0.0945. The van der Waals surface area contributed by atoms with Gasteiger partial charge in [0.25, 0.3) is 11.8 Å². The van der Waals surface area contributed by atoms with Gasteiger partial charge in [0.05, 0.1) is 23.4 Å². The molecular weight excluding hydrogens is 579 g/mol. The maximum Gasteiger partial charge on any atom is 0.490 e. The Morgan fingerprint density at radius 3 is 2.07 bits per heavy atom. The van der Waals surface area contributed by atoms with E-state index in [0.29, 0.717) is 35.8 Å². The maximum absolute atomic E-state index is 13.4. The van der Waals surface area contributed by atoms with Crippen LogP contribution in [-0.2, 0) is 19.2 Å². The fourth-order valence-corrected chi connectivity index (χ4v) is 5.82. The predicted molar refractivity (Wildman–Crippen MR) is 142 cm³/mol. The number of likely N-dealkylation sites (tertiary alicyclic amines) is 1. The number of carboxylic acids is 2. The van der Waals surface area contributed by atoms with E-state index in [2.05, 4.69) is 15.1 Å². The quantitative estimate of drug-likeness (QED) is 0.386. The van der Waals surface area contributed by atoms with E-state index in [0.717, 1.165) is 50.5 Å². The molecule has 0 bridgehead atoms. The van der Waals surface area contributed by atoms with Crippen molar-refractivity contribution in [1.29, 1.82) is 0 Å². The number of nitrogens with zero attached hydrogens (tertiary/aromatic N) is 4. The molecule has 3 saturated heterocycles. The van der Waals surface area contributed by atoms with Gasteiger partial charge in [-0.2, -0.15) is 13.2 Å². The molecule has 4 heterocycles. The lowest BCUT2D eigenvalue weighted by Gasteiger charge is -2.39. The van der Waals surface area contributed by atoms with E-state index in [1.54, 1.807) is 12.1 Å². The number of carboxylic acid groups (broad SMARTS) is 2. The van der Waals surface area contributed by atoms with Crippen LogP contribution in [0.2, 0.25) is 0 Å². The molecule has 4 aliphatic heterocycles. The molecule has 13 nitrogen and oxygen atoms in total. The highest BCUT2D eigenvalue weighted by Gasteiger charge is 2.46. The van der Waals surface area contributed by atoms with Crippen molar-refractivity contribution in [3.63, 3.8) is 0 Å². The number of alkyl halides is 3. The molecule has 3 fully saturated rings. The predicted octanol–water partition coefficient (Wildman–Crippen LogP) is 0.640. The summed E-state index contributed by atoms with van der Waals surface area (Å²) < 4.78 is 31.7. The van der Waals surface area contributed by atoms with E-state index in [1.165, 1.54) is 0 Å². The lowest BCUT2D eigenvalue weighted by Crippen LogP contribution is -2.54. The number of carbonyl (C=O) groups is 6. The molecule has 0 aromatic heterocycles. The summed E-state index contributed by atoms with van der Waals surface area (Å²) in [7, 11) is 0. The van der Waals surface area contributed by atoms with Crippen LogP contribution in [0.25, 0.3) is 0 Å². The number of halogens is 3. The third-order valence-electron chi connectivity index (χ3n) is 7.98. The van der Waals surface area contributed by atoms with Gasteiger partial charge < -0.3 is 15.1 Å². The average molecular weight is 612 g/mol. The molecule has 1 aromatic carbocycles. The molecule has 1 atom stereocenters. The van der Waals surface area contributed by atoms with Crippen molar-refractivity contribution in [2.24, 2.45) is 5.92 Å². The Hall–Kier alpha value is -4.05. The average Bonchev–Trinajstić information content (AvgIpc) is 3.19. The molecule has 0 saturated carbocycles. The Kier molecular flexibility index (Phi) is 9.69. The molecule has 0 aliphatic carbocycles. The standard InChI is InChI=1S/C25H31N5O6.C2HF3O2/c31-20-5-4-19(23(34)26-20)30-24(35)17-2-1-3-18(22(17)25(30)36)29-12-10-28(11-13-29)14-16-6-8-27(9-7-16)15-21(32)33;3-2(4,5)1(6)7/h1-3,16,19H,4-15H2,(H,32,33)(H,26,31,34);(H,6,7). The monoisotopic (exact) mass is 611 g/mol. The molecule has 16 heteroatoms. The van der Waals surface area contributed by atoms with Gasteiger partial charge in [0.1, 0.15) is 6.04 Å². The first-order chi connectivity index (χ1) is 20.3. The SMILES string of the molecule is O=C(O)C(F)(F)F.O=C(O)CN1CCC(CN2CCN(c3cccc4c3C(=O)N(C3CCC(=O)NC3=O)C4=O)CC2)CC1. The molecule has 3 N–H and O–H groups in total. The lowest BCUT2D eigenvalue weighted by atomic mass is 9.96. The smallest absolute Gasteiger partial charge is 0.480 e. The third kappa shape index (κ3) is 7.48. The Morgan fingerprint density at radius 1 is 0.884 bits per heavy atom. The van der Waals surface area contributed by atoms with Gasteiger partial charge in [0, 0.05) is 39.1 Å². The number of hydrogen-bond donors (Lipinski definition) is 3. The number of amides is 4. The van der Waals surface area contributed by atoms with E-state index in [9.17, 15) is 37.1 Å². The molecule has 0 radical (unpaired) electrons. The van der Waals surface area contributed by atoms with Crippen LogP contribution in [0.1, 0.15) is 46.4 Å². The normalized spacial score (nSPS) is 22.2. The van der Waals surface area contributed by atoms with Gasteiger partial charge >= 0.3 is 18.1 Å². The molecule has 234 valence electrons. The first kappa shape index (κ1) is 31.9. The maximum atomic E-state index is 13.4. The Labute approximate surface area is 244 Å². The fourth-order valence-electron chi connectivity index (χ4n) is 5.82. The highest BCUT2D eigenvalue weighted by molar-refractivity contribution is 6.25. The van der Waals surface area contributed by atoms with Crippen molar-refractivity contribution in [3.8, 4) is 0 Å². The number of hydrogen-bond acceptors (Lipinski definition) is 9. The van der Waals surface area contributed by atoms with E-state index >= 15 is 0 Å². The van der Waals surface area contributed by atoms with Crippen LogP contribution in [-0.4, -0.2) is 125 Å². The summed E-state index contributed by atoms with van der Waals surface area (Å²) in [5.41, 5.74) is 1.35. The van der Waals surface area contributed by atoms with Gasteiger partial charge in [-0.05, 0) is 50.4 Å². The van der Waals surface area contributed by atoms with Crippen molar-refractivity contribution < 1.29 is 52.2 Å². The molecule has 43 heavy (non-hydrogen) atoms. The van der Waals surface area contributed by atoms with Crippen molar-refractivity contribution in [2.45, 2.75) is 37.9 Å². The number of fused-ring (bicyclic) bond motifs is 1. The first-order valence-corrected chi connectivity index (χ1v) is 13.8. The van der Waals surface area contributed by atoms with E-state index in [-0.39, 0.29) is 19.4 Å². The summed E-state index contributed by atoms with van der Waals surface area (Å²) in [5, 5.41) is 18.3. The summed E-state index contributed by atoms with van der Waals surface area (Å²) in [4.78, 5) is 77.7. The Morgan fingerprint density at radius 2 is 1.51 bits per heavy atom. The number of benzene rings is 1. The summed E-state index contributed by atoms with van der Waals surface area (Å²) in [6.45, 7) is 5.80. The van der Waals surface area contributed by atoms with Crippen LogP contribution in [0, 0.1) is 5.92 Å². The number of piperazine rings is 1. The molecule has 1 aromatic rings. The molecule has 1 unspecified atom stereocenters. The van der Waals surface area contributed by atoms with Crippen LogP contribution in [0.15, 0.2) is 18.2 Å². The lowest BCUT2D eigenvalue weighted by molar-refractivity contribution is -0.192. The van der Waals surface area contributed by atoms with Crippen LogP contribution < -0.4 is 10.2 Å². The largest absolute Gasteiger partial charge is 0.490 e.